The van der Waals surface area contributed by atoms with Gasteiger partial charge in [-0.25, -0.2) is 4.98 Å². The number of anilines is 1. The fourth-order valence-electron chi connectivity index (χ4n) is 11.3. The molecule has 0 saturated carbocycles. The Kier molecular flexibility index (Phi) is 16.1. The molecule has 3 unspecified atom stereocenters. The van der Waals surface area contributed by atoms with E-state index in [9.17, 15) is 19.5 Å². The third-order valence-corrected chi connectivity index (χ3v) is 17.7. The summed E-state index contributed by atoms with van der Waals surface area (Å²) in [5.74, 6) is -3.41. The molecule has 408 valence electrons. The molecule has 82 heavy (non-hydrogen) atoms. The molecule has 0 aliphatic carbocycles. The van der Waals surface area contributed by atoms with E-state index in [2.05, 4.69) is 47.0 Å². The van der Waals surface area contributed by atoms with Crippen molar-refractivity contribution in [3.05, 3.63) is 310 Å². The van der Waals surface area contributed by atoms with Gasteiger partial charge < -0.3 is 30.2 Å². The molecule has 0 bridgehead atoms. The highest BCUT2D eigenvalue weighted by Gasteiger charge is 2.62. The molecular weight excluding hydrogens is 1060 g/mol. The van der Waals surface area contributed by atoms with Gasteiger partial charge >= 0.3 is 11.9 Å². The number of carbonyl (C=O) groups excluding carboxylic acids is 3. The van der Waals surface area contributed by atoms with Gasteiger partial charge in [0.25, 0.3) is 5.91 Å². The predicted molar refractivity (Wildman–Crippen MR) is 321 cm³/mol. The minimum absolute atomic E-state index is 0.164. The first-order valence-electron chi connectivity index (χ1n) is 26.9. The summed E-state index contributed by atoms with van der Waals surface area (Å²) >= 11 is 2.60. The number of carbonyl (C=O) groups is 4. The molecule has 9 aromatic rings. The van der Waals surface area contributed by atoms with Crippen molar-refractivity contribution in [1.29, 1.82) is 0 Å². The van der Waals surface area contributed by atoms with Gasteiger partial charge in [0.05, 0.1) is 0 Å². The molecule has 8 aromatic carbocycles. The number of aliphatic carboxylic acids is 1. The Labute approximate surface area is 484 Å². The lowest BCUT2D eigenvalue weighted by atomic mass is 9.72. The van der Waals surface area contributed by atoms with Gasteiger partial charge in [-0.15, -0.1) is 23.1 Å². The maximum atomic E-state index is 15.7. The van der Waals surface area contributed by atoms with Crippen LogP contribution < -0.4 is 10.6 Å². The summed E-state index contributed by atoms with van der Waals surface area (Å²) in [7, 11) is 0. The number of hydrogen-bond acceptors (Lipinski definition) is 11. The quantitative estimate of drug-likeness (QED) is 0.0167. The zero-order valence-corrected chi connectivity index (χ0v) is 46.2. The number of amides is 2. The number of ether oxygens (including phenoxy) is 1. The SMILES string of the molecule is CC(=O)OCC=CC1(C(=O)O)CN2C(=O)C(NC(=O)C(=NOC(c3ccccc3)(c3ccccc3)c3ccccc3)c3csc(NC(c4ccccc4)(c4ccccc4)c4ccccc4)n3)[C@H]2SC1C(c1ccccc1)c1ccccc1. The first kappa shape index (κ1) is 54.6. The van der Waals surface area contributed by atoms with E-state index in [1.165, 1.54) is 41.0 Å². The second-order valence-electron chi connectivity index (χ2n) is 20.0. The average Bonchev–Trinajstić information content (AvgIpc) is 1.90. The van der Waals surface area contributed by atoms with Crippen LogP contribution in [-0.4, -0.2) is 74.3 Å². The molecule has 3 heterocycles. The van der Waals surface area contributed by atoms with E-state index in [-0.39, 0.29) is 24.6 Å². The number of β-lactam (4-membered cyclic amide) rings is 1. The van der Waals surface area contributed by atoms with Crippen LogP contribution in [-0.2, 0) is 39.9 Å². The van der Waals surface area contributed by atoms with Crippen LogP contribution in [0.5, 0.6) is 0 Å². The molecule has 12 nitrogen and oxygen atoms in total. The minimum Gasteiger partial charge on any atom is -0.481 e. The largest absolute Gasteiger partial charge is 0.481 e. The summed E-state index contributed by atoms with van der Waals surface area (Å²) < 4.78 is 5.24. The summed E-state index contributed by atoms with van der Waals surface area (Å²) in [5, 5.41) is 24.0. The van der Waals surface area contributed by atoms with E-state index in [1.54, 1.807) is 11.5 Å². The Balaban J connectivity index is 1.02. The second-order valence-corrected chi connectivity index (χ2v) is 22.2. The van der Waals surface area contributed by atoms with Gasteiger partial charge in [0.1, 0.15) is 34.7 Å². The number of thioether (sulfide) groups is 1. The molecular formula is C68H57N5O7S2. The van der Waals surface area contributed by atoms with Gasteiger partial charge in [-0.2, -0.15) is 0 Å². The van der Waals surface area contributed by atoms with Crippen molar-refractivity contribution in [1.82, 2.24) is 15.2 Å². The summed E-state index contributed by atoms with van der Waals surface area (Å²) in [6.45, 7) is 0.891. The Bertz CT molecular complexity index is 3480. The first-order valence-corrected chi connectivity index (χ1v) is 28.7. The number of rotatable bonds is 20. The van der Waals surface area contributed by atoms with E-state index in [0.717, 1.165) is 44.5 Å². The fourth-order valence-corrected chi connectivity index (χ4v) is 14.0. The minimum atomic E-state index is -1.68. The van der Waals surface area contributed by atoms with E-state index < -0.39 is 62.9 Å². The molecule has 2 aliphatic heterocycles. The van der Waals surface area contributed by atoms with Crippen LogP contribution >= 0.6 is 23.1 Å². The van der Waals surface area contributed by atoms with E-state index in [1.807, 2.05) is 206 Å². The number of fused-ring (bicyclic) bond motifs is 1. The molecule has 2 saturated heterocycles. The summed E-state index contributed by atoms with van der Waals surface area (Å²) in [5.41, 5.74) is 2.68. The zero-order chi connectivity index (χ0) is 56.5. The lowest BCUT2D eigenvalue weighted by molar-refractivity contribution is -0.157. The van der Waals surface area contributed by atoms with Gasteiger partial charge in [-0.3, -0.25) is 19.2 Å². The standard InChI is InChI=1S/C68H57N5O7S2/c1-47(74)79-44-26-43-66(64(77)78)46-73-62(76)59(63(73)82-60(66)57(48-27-10-2-11-28-48)49-29-12-3-13-30-49)70-61(75)58(72-80-68(53-37-20-7-21-38-53,54-39-22-8-23-40-54)55-41-24-9-25-42-55)56-45-81-65(69-56)71-67(50-31-14-4-15-32-50,51-33-16-5-17-34-51)52-35-18-6-19-36-52/h2-43,45,57,59-60,63H,44,46H2,1H3,(H,69,71)(H,70,75)(H,77,78)/t59?,60?,63-,66?/m1/s1. The molecule has 0 spiro atoms. The highest BCUT2D eigenvalue weighted by molar-refractivity contribution is 8.00. The number of thiazole rings is 1. The fraction of sp³-hybridized carbons (Fsp3) is 0.147. The van der Waals surface area contributed by atoms with Crippen LogP contribution in [0, 0.1) is 5.41 Å². The Morgan fingerprint density at radius 2 is 1.10 bits per heavy atom. The maximum absolute atomic E-state index is 15.7. The molecule has 2 amide bonds. The van der Waals surface area contributed by atoms with Gasteiger partial charge in [0.15, 0.2) is 10.8 Å². The monoisotopic (exact) mass is 1120 g/mol. The van der Waals surface area contributed by atoms with Crippen LogP contribution in [0.2, 0.25) is 0 Å². The van der Waals surface area contributed by atoms with Crippen LogP contribution in [0.15, 0.2) is 265 Å². The van der Waals surface area contributed by atoms with Crippen molar-refractivity contribution in [3.63, 3.8) is 0 Å². The Morgan fingerprint density at radius 1 is 0.671 bits per heavy atom. The summed E-state index contributed by atoms with van der Waals surface area (Å²) in [6.07, 6.45) is 3.09. The second kappa shape index (κ2) is 24.2. The lowest BCUT2D eigenvalue weighted by Gasteiger charge is -2.57. The van der Waals surface area contributed by atoms with Crippen LogP contribution in [0.25, 0.3) is 0 Å². The number of oxime groups is 1. The van der Waals surface area contributed by atoms with Gasteiger partial charge in [0.2, 0.25) is 11.5 Å². The summed E-state index contributed by atoms with van der Waals surface area (Å²) in [6, 6.07) is 77.6. The Hall–Kier alpha value is -9.37. The van der Waals surface area contributed by atoms with Gasteiger partial charge in [-0.05, 0) is 27.8 Å². The topological polar surface area (TPSA) is 160 Å². The molecule has 2 fully saturated rings. The highest BCUT2D eigenvalue weighted by atomic mass is 32.2. The third kappa shape index (κ3) is 10.6. The molecule has 3 N–H and O–H groups in total. The third-order valence-electron chi connectivity index (χ3n) is 15.2. The molecule has 1 aromatic heterocycles. The smallest absolute Gasteiger partial charge is 0.316 e. The molecule has 14 heteroatoms. The van der Waals surface area contributed by atoms with Crippen LogP contribution in [0.3, 0.4) is 0 Å². The van der Waals surface area contributed by atoms with Crippen LogP contribution in [0.4, 0.5) is 5.13 Å². The van der Waals surface area contributed by atoms with Crippen molar-refractivity contribution >= 4 is 57.7 Å². The van der Waals surface area contributed by atoms with Gasteiger partial charge in [-0.1, -0.05) is 260 Å². The number of nitrogens with one attached hydrogen (secondary N) is 2. The number of carboxylic acid groups (broad SMARTS) is 1. The number of esters is 1. The van der Waals surface area contributed by atoms with Crippen molar-refractivity contribution in [2.75, 3.05) is 18.5 Å². The maximum Gasteiger partial charge on any atom is 0.316 e. The van der Waals surface area contributed by atoms with E-state index in [4.69, 9.17) is 19.7 Å². The number of hydrogen-bond donors (Lipinski definition) is 3. The molecule has 11 rings (SSSR count). The zero-order valence-electron chi connectivity index (χ0n) is 44.6. The highest BCUT2D eigenvalue weighted by Crippen LogP contribution is 2.55. The first-order chi connectivity index (χ1) is 40.1. The van der Waals surface area contributed by atoms with Crippen molar-refractivity contribution in [2.24, 2.45) is 10.6 Å². The average molecular weight is 1120 g/mol. The van der Waals surface area contributed by atoms with Crippen LogP contribution in [0.1, 0.15) is 63.0 Å². The number of aromatic nitrogens is 1. The number of benzene rings is 8. The summed E-state index contributed by atoms with van der Waals surface area (Å²) in [4.78, 5) is 70.1. The number of nitrogens with zero attached hydrogens (tertiary/aromatic N) is 3. The molecule has 2 aliphatic rings. The Morgan fingerprint density at radius 3 is 1.52 bits per heavy atom. The lowest BCUT2D eigenvalue weighted by Crippen LogP contribution is -2.75. The van der Waals surface area contributed by atoms with E-state index in [0.29, 0.717) is 5.13 Å². The van der Waals surface area contributed by atoms with Gasteiger partial charge in [0, 0.05) is 46.7 Å². The van der Waals surface area contributed by atoms with E-state index >= 15 is 4.79 Å². The predicted octanol–water partition coefficient (Wildman–Crippen LogP) is 12.1. The van der Waals surface area contributed by atoms with Crippen molar-refractivity contribution in [2.45, 2.75) is 40.6 Å². The molecule has 0 radical (unpaired) electrons. The van der Waals surface area contributed by atoms with Crippen molar-refractivity contribution < 1.29 is 33.9 Å². The normalized spacial score (nSPS) is 18.0. The molecule has 4 atom stereocenters. The number of carboxylic acids is 1. The van der Waals surface area contributed by atoms with Crippen molar-refractivity contribution in [3.8, 4) is 0 Å².